The first-order valence-electron chi connectivity index (χ1n) is 9.31. The average molecular weight is 466 g/mol. The fourth-order valence-corrected chi connectivity index (χ4v) is 4.72. The summed E-state index contributed by atoms with van der Waals surface area (Å²) in [6.45, 7) is 4.54. The Bertz CT molecular complexity index is 1170. The molecule has 0 bridgehead atoms. The minimum atomic E-state index is 0.0284. The Morgan fingerprint density at radius 3 is 2.79 bits per heavy atom. The summed E-state index contributed by atoms with van der Waals surface area (Å²) in [5.41, 5.74) is 5.20. The number of nitrogens with zero attached hydrogens (tertiary/aromatic N) is 3. The lowest BCUT2D eigenvalue weighted by Crippen LogP contribution is -2.32. The molecule has 2 aromatic carbocycles. The monoisotopic (exact) mass is 465 g/mol. The van der Waals surface area contributed by atoms with E-state index in [0.29, 0.717) is 18.1 Å². The molecular formula is C23H20BrN3OS. The van der Waals surface area contributed by atoms with Crippen molar-refractivity contribution in [1.82, 2.24) is 9.97 Å². The number of fused-ring (bicyclic) bond motifs is 1. The zero-order valence-electron chi connectivity index (χ0n) is 16.2. The van der Waals surface area contributed by atoms with E-state index < -0.39 is 0 Å². The van der Waals surface area contributed by atoms with Crippen LogP contribution in [0.15, 0.2) is 65.4 Å². The molecule has 4 nitrogen and oxygen atoms in total. The van der Waals surface area contributed by atoms with Gasteiger partial charge >= 0.3 is 0 Å². The third-order valence-electron chi connectivity index (χ3n) is 4.78. The van der Waals surface area contributed by atoms with E-state index in [2.05, 4.69) is 39.1 Å². The van der Waals surface area contributed by atoms with E-state index in [1.165, 1.54) is 11.3 Å². The van der Waals surface area contributed by atoms with Gasteiger partial charge in [0.1, 0.15) is 0 Å². The van der Waals surface area contributed by atoms with Crippen LogP contribution >= 0.6 is 27.3 Å². The van der Waals surface area contributed by atoms with Gasteiger partial charge in [-0.1, -0.05) is 57.1 Å². The molecule has 0 radical (unpaired) electrons. The summed E-state index contributed by atoms with van der Waals surface area (Å²) >= 11 is 5.04. The number of benzene rings is 2. The number of aromatic nitrogens is 2. The molecule has 4 rings (SSSR count). The van der Waals surface area contributed by atoms with E-state index in [9.17, 15) is 4.79 Å². The molecule has 1 amide bonds. The second-order valence-corrected chi connectivity index (χ2v) is 8.98. The van der Waals surface area contributed by atoms with Crippen molar-refractivity contribution in [2.45, 2.75) is 26.8 Å². The summed E-state index contributed by atoms with van der Waals surface area (Å²) in [6, 6.07) is 16.1. The second-order valence-electron chi connectivity index (χ2n) is 7.06. The minimum absolute atomic E-state index is 0.0284. The summed E-state index contributed by atoms with van der Waals surface area (Å²) in [5.74, 6) is 0.0284. The maximum atomic E-state index is 13.4. The van der Waals surface area contributed by atoms with Gasteiger partial charge in [0, 0.05) is 16.9 Å². The summed E-state index contributed by atoms with van der Waals surface area (Å²) in [7, 11) is 0. The topological polar surface area (TPSA) is 46.1 Å². The van der Waals surface area contributed by atoms with E-state index >= 15 is 0 Å². The standard InChI is InChI=1S/C23H20BrN3OS/c1-15-5-6-16(2)18(10-15)11-22(28)27(14-17-4-3-9-25-13-17)23-26-20-8-7-19(24)12-21(20)29-23/h3-10,12-13H,11,14H2,1-2H3. The van der Waals surface area contributed by atoms with Crippen LogP contribution in [0, 0.1) is 13.8 Å². The fourth-order valence-electron chi connectivity index (χ4n) is 3.19. The Morgan fingerprint density at radius 2 is 2.00 bits per heavy atom. The number of halogens is 1. The average Bonchev–Trinajstić information content (AvgIpc) is 3.12. The molecule has 0 aliphatic rings. The molecule has 2 aromatic heterocycles. The Labute approximate surface area is 182 Å². The minimum Gasteiger partial charge on any atom is -0.283 e. The van der Waals surface area contributed by atoms with Crippen LogP contribution in [0.5, 0.6) is 0 Å². The van der Waals surface area contributed by atoms with Crippen LogP contribution in [-0.2, 0) is 17.8 Å². The van der Waals surface area contributed by atoms with Gasteiger partial charge in [0.15, 0.2) is 5.13 Å². The van der Waals surface area contributed by atoms with Crippen molar-refractivity contribution in [3.63, 3.8) is 0 Å². The van der Waals surface area contributed by atoms with Gasteiger partial charge in [-0.3, -0.25) is 14.7 Å². The number of pyridine rings is 1. The van der Waals surface area contributed by atoms with Crippen molar-refractivity contribution >= 4 is 48.5 Å². The lowest BCUT2D eigenvalue weighted by atomic mass is 10.0. The van der Waals surface area contributed by atoms with Crippen molar-refractivity contribution < 1.29 is 4.79 Å². The molecule has 0 aliphatic carbocycles. The lowest BCUT2D eigenvalue weighted by Gasteiger charge is -2.20. The van der Waals surface area contributed by atoms with Gasteiger partial charge in [0.2, 0.25) is 5.91 Å². The van der Waals surface area contributed by atoms with E-state index in [1.807, 2.05) is 44.2 Å². The van der Waals surface area contributed by atoms with Gasteiger partial charge in [0.05, 0.1) is 23.2 Å². The molecule has 0 unspecified atom stereocenters. The highest BCUT2D eigenvalue weighted by Gasteiger charge is 2.21. The highest BCUT2D eigenvalue weighted by Crippen LogP contribution is 2.32. The van der Waals surface area contributed by atoms with Crippen molar-refractivity contribution in [2.24, 2.45) is 0 Å². The third-order valence-corrected chi connectivity index (χ3v) is 6.32. The highest BCUT2D eigenvalue weighted by atomic mass is 79.9. The summed E-state index contributed by atoms with van der Waals surface area (Å²) in [5, 5.41) is 0.706. The summed E-state index contributed by atoms with van der Waals surface area (Å²) in [4.78, 5) is 24.1. The molecule has 0 atom stereocenters. The third kappa shape index (κ3) is 4.54. The van der Waals surface area contributed by atoms with Crippen LogP contribution in [0.3, 0.4) is 0 Å². The maximum absolute atomic E-state index is 13.4. The summed E-state index contributed by atoms with van der Waals surface area (Å²) in [6.07, 6.45) is 3.87. The number of aryl methyl sites for hydroxylation is 2. The number of carbonyl (C=O) groups excluding carboxylic acids is 1. The molecule has 0 aliphatic heterocycles. The Morgan fingerprint density at radius 1 is 1.14 bits per heavy atom. The number of hydrogen-bond donors (Lipinski definition) is 0. The predicted molar refractivity (Wildman–Crippen MR) is 122 cm³/mol. The molecule has 0 saturated heterocycles. The largest absolute Gasteiger partial charge is 0.283 e. The zero-order valence-corrected chi connectivity index (χ0v) is 18.6. The van der Waals surface area contributed by atoms with Crippen LogP contribution in [0.4, 0.5) is 5.13 Å². The van der Waals surface area contributed by atoms with E-state index in [0.717, 1.165) is 36.9 Å². The Balaban J connectivity index is 1.70. The predicted octanol–water partition coefficient (Wildman–Crippen LogP) is 5.85. The normalized spacial score (nSPS) is 11.0. The number of rotatable bonds is 5. The Hall–Kier alpha value is -2.57. The highest BCUT2D eigenvalue weighted by molar-refractivity contribution is 9.10. The van der Waals surface area contributed by atoms with E-state index in [1.54, 1.807) is 17.3 Å². The number of hydrogen-bond acceptors (Lipinski definition) is 4. The van der Waals surface area contributed by atoms with E-state index in [-0.39, 0.29) is 5.91 Å². The molecule has 6 heteroatoms. The molecule has 146 valence electrons. The summed E-state index contributed by atoms with van der Waals surface area (Å²) < 4.78 is 2.05. The van der Waals surface area contributed by atoms with Crippen LogP contribution in [0.1, 0.15) is 22.3 Å². The number of carbonyl (C=O) groups is 1. The zero-order chi connectivity index (χ0) is 20.4. The first-order valence-corrected chi connectivity index (χ1v) is 10.9. The number of anilines is 1. The molecule has 0 fully saturated rings. The molecule has 2 heterocycles. The van der Waals surface area contributed by atoms with Gasteiger partial charge in [-0.2, -0.15) is 0 Å². The van der Waals surface area contributed by atoms with Crippen LogP contribution in [0.25, 0.3) is 10.2 Å². The quantitative estimate of drug-likeness (QED) is 0.371. The van der Waals surface area contributed by atoms with Crippen molar-refractivity contribution in [3.05, 3.63) is 87.7 Å². The number of thiazole rings is 1. The van der Waals surface area contributed by atoms with Gasteiger partial charge in [-0.05, 0) is 54.8 Å². The van der Waals surface area contributed by atoms with Crippen LogP contribution in [0.2, 0.25) is 0 Å². The maximum Gasteiger partial charge on any atom is 0.233 e. The van der Waals surface area contributed by atoms with Crippen molar-refractivity contribution in [2.75, 3.05) is 4.90 Å². The van der Waals surface area contributed by atoms with Crippen molar-refractivity contribution in [3.8, 4) is 0 Å². The number of amides is 1. The SMILES string of the molecule is Cc1ccc(C)c(CC(=O)N(Cc2cccnc2)c2nc3ccc(Br)cc3s2)c1. The molecule has 0 spiro atoms. The van der Waals surface area contributed by atoms with Gasteiger partial charge in [-0.25, -0.2) is 4.98 Å². The molecule has 29 heavy (non-hydrogen) atoms. The van der Waals surface area contributed by atoms with Gasteiger partial charge < -0.3 is 0 Å². The van der Waals surface area contributed by atoms with E-state index in [4.69, 9.17) is 4.98 Å². The smallest absolute Gasteiger partial charge is 0.233 e. The molecular weight excluding hydrogens is 446 g/mol. The fraction of sp³-hybridized carbons (Fsp3) is 0.174. The van der Waals surface area contributed by atoms with Crippen LogP contribution < -0.4 is 4.90 Å². The molecule has 0 saturated carbocycles. The molecule has 0 N–H and O–H groups in total. The van der Waals surface area contributed by atoms with Crippen molar-refractivity contribution in [1.29, 1.82) is 0 Å². The van der Waals surface area contributed by atoms with Crippen LogP contribution in [-0.4, -0.2) is 15.9 Å². The second kappa shape index (κ2) is 8.43. The first-order chi connectivity index (χ1) is 14.0. The molecule has 4 aromatic rings. The Kier molecular flexibility index (Phi) is 5.74. The van der Waals surface area contributed by atoms with Gasteiger partial charge in [-0.15, -0.1) is 0 Å². The first kappa shape index (κ1) is 19.7. The lowest BCUT2D eigenvalue weighted by molar-refractivity contribution is -0.118. The van der Waals surface area contributed by atoms with Gasteiger partial charge in [0.25, 0.3) is 0 Å².